The van der Waals surface area contributed by atoms with E-state index in [9.17, 15) is 4.79 Å². The lowest BCUT2D eigenvalue weighted by atomic mass is 9.75. The maximum atomic E-state index is 12.0. The van der Waals surface area contributed by atoms with Gasteiger partial charge in [-0.3, -0.25) is 4.79 Å². The first-order valence-electron chi connectivity index (χ1n) is 6.02. The van der Waals surface area contributed by atoms with Gasteiger partial charge in [-0.25, -0.2) is 0 Å². The first-order valence-corrected chi connectivity index (χ1v) is 7.63. The molecule has 1 aliphatic rings. The van der Waals surface area contributed by atoms with Crippen molar-refractivity contribution in [3.05, 3.63) is 20.8 Å². The number of thiophene rings is 1. The molecule has 17 heavy (non-hydrogen) atoms. The number of rotatable bonds is 2. The Bertz CT molecular complexity index is 413. The summed E-state index contributed by atoms with van der Waals surface area (Å²) in [5.41, 5.74) is 0.367. The van der Waals surface area contributed by atoms with Gasteiger partial charge in [0.15, 0.2) is 0 Å². The lowest BCUT2D eigenvalue weighted by molar-refractivity contribution is 0.0906. The third-order valence-corrected chi connectivity index (χ3v) is 4.96. The van der Waals surface area contributed by atoms with Crippen molar-refractivity contribution >= 4 is 33.2 Å². The van der Waals surface area contributed by atoms with Crippen LogP contribution in [0.2, 0.25) is 0 Å². The predicted molar refractivity (Wildman–Crippen MR) is 75.5 cm³/mol. The van der Waals surface area contributed by atoms with E-state index in [1.165, 1.54) is 24.2 Å². The summed E-state index contributed by atoms with van der Waals surface area (Å²) in [4.78, 5) is 12.8. The van der Waals surface area contributed by atoms with Crippen LogP contribution in [0.3, 0.4) is 0 Å². The number of hydrogen-bond donors (Lipinski definition) is 1. The third-order valence-electron chi connectivity index (χ3n) is 3.34. The third kappa shape index (κ3) is 3.55. The minimum atomic E-state index is 0.0726. The Balaban J connectivity index is 1.95. The van der Waals surface area contributed by atoms with E-state index < -0.39 is 0 Å². The summed E-state index contributed by atoms with van der Waals surface area (Å²) < 4.78 is 1.01. The second-order valence-corrected chi connectivity index (χ2v) is 8.00. The first kappa shape index (κ1) is 13.1. The Hall–Kier alpha value is -0.350. The van der Waals surface area contributed by atoms with E-state index in [0.29, 0.717) is 11.5 Å². The summed E-state index contributed by atoms with van der Waals surface area (Å²) in [6.07, 6.45) is 4.68. The van der Waals surface area contributed by atoms with E-state index in [4.69, 9.17) is 0 Å². The van der Waals surface area contributed by atoms with Crippen molar-refractivity contribution in [2.24, 2.45) is 5.41 Å². The fourth-order valence-corrected chi connectivity index (χ4v) is 3.80. The van der Waals surface area contributed by atoms with Crippen LogP contribution in [0.15, 0.2) is 15.9 Å². The Morgan fingerprint density at radius 2 is 2.29 bits per heavy atom. The maximum Gasteiger partial charge on any atom is 0.261 e. The summed E-state index contributed by atoms with van der Waals surface area (Å²) in [6.45, 7) is 4.57. The van der Waals surface area contributed by atoms with Gasteiger partial charge in [0.05, 0.1) is 8.66 Å². The lowest BCUT2D eigenvalue weighted by Gasteiger charge is -2.35. The normalized spacial score (nSPS) is 23.4. The molecule has 0 bridgehead atoms. The molecule has 0 saturated heterocycles. The van der Waals surface area contributed by atoms with E-state index in [1.807, 2.05) is 12.1 Å². The standard InChI is InChI=1S/C13H18BrNOS/c1-13(2)7-3-4-9(8-13)15-12(16)10-5-6-11(14)17-10/h5-6,9H,3-4,7-8H2,1-2H3,(H,15,16). The SMILES string of the molecule is CC1(C)CCCC(NC(=O)c2ccc(Br)s2)C1. The number of nitrogens with one attached hydrogen (secondary N) is 1. The van der Waals surface area contributed by atoms with Gasteiger partial charge < -0.3 is 5.32 Å². The number of hydrogen-bond acceptors (Lipinski definition) is 2. The number of carbonyl (C=O) groups excluding carboxylic acids is 1. The molecule has 0 radical (unpaired) electrons. The molecule has 1 amide bonds. The van der Waals surface area contributed by atoms with Crippen molar-refractivity contribution in [1.82, 2.24) is 5.32 Å². The van der Waals surface area contributed by atoms with E-state index in [-0.39, 0.29) is 5.91 Å². The highest BCUT2D eigenvalue weighted by molar-refractivity contribution is 9.11. The zero-order chi connectivity index (χ0) is 12.5. The van der Waals surface area contributed by atoms with Gasteiger partial charge in [0.25, 0.3) is 5.91 Å². The summed E-state index contributed by atoms with van der Waals surface area (Å²) in [5, 5.41) is 3.15. The van der Waals surface area contributed by atoms with Crippen LogP contribution in [0, 0.1) is 5.41 Å². The zero-order valence-electron chi connectivity index (χ0n) is 10.3. The van der Waals surface area contributed by atoms with Gasteiger partial charge in [0, 0.05) is 6.04 Å². The van der Waals surface area contributed by atoms with E-state index in [0.717, 1.165) is 21.5 Å². The van der Waals surface area contributed by atoms with Gasteiger partial charge in [-0.15, -0.1) is 11.3 Å². The fourth-order valence-electron chi connectivity index (χ4n) is 2.51. The summed E-state index contributed by atoms with van der Waals surface area (Å²) in [5.74, 6) is 0.0726. The molecule has 1 atom stereocenters. The van der Waals surface area contributed by atoms with E-state index in [2.05, 4.69) is 35.1 Å². The minimum absolute atomic E-state index is 0.0726. The molecule has 0 aliphatic heterocycles. The van der Waals surface area contributed by atoms with Crippen LogP contribution in [-0.4, -0.2) is 11.9 Å². The highest BCUT2D eigenvalue weighted by Gasteiger charge is 2.29. The van der Waals surface area contributed by atoms with Crippen molar-refractivity contribution in [2.45, 2.75) is 45.6 Å². The van der Waals surface area contributed by atoms with E-state index in [1.54, 1.807) is 0 Å². The molecule has 1 aromatic rings. The molecule has 1 fully saturated rings. The topological polar surface area (TPSA) is 29.1 Å². The molecule has 4 heteroatoms. The second-order valence-electron chi connectivity index (χ2n) is 5.53. The molecule has 2 nitrogen and oxygen atoms in total. The van der Waals surface area contributed by atoms with Crippen molar-refractivity contribution in [3.8, 4) is 0 Å². The fraction of sp³-hybridized carbons (Fsp3) is 0.615. The average Bonchev–Trinajstić information content (AvgIpc) is 2.63. The molecule has 1 aliphatic carbocycles. The van der Waals surface area contributed by atoms with Crippen molar-refractivity contribution in [3.63, 3.8) is 0 Å². The molecule has 2 rings (SSSR count). The minimum Gasteiger partial charge on any atom is -0.349 e. The van der Waals surface area contributed by atoms with Crippen LogP contribution < -0.4 is 5.32 Å². The monoisotopic (exact) mass is 315 g/mol. The first-order chi connectivity index (χ1) is 7.96. The van der Waals surface area contributed by atoms with Crippen molar-refractivity contribution in [1.29, 1.82) is 0 Å². The average molecular weight is 316 g/mol. The number of halogens is 1. The molecule has 1 unspecified atom stereocenters. The molecule has 0 spiro atoms. The summed E-state index contributed by atoms with van der Waals surface area (Å²) in [6, 6.07) is 4.13. The van der Waals surface area contributed by atoms with E-state index >= 15 is 0 Å². The lowest BCUT2D eigenvalue weighted by Crippen LogP contribution is -2.40. The van der Waals surface area contributed by atoms with Gasteiger partial charge >= 0.3 is 0 Å². The van der Waals surface area contributed by atoms with Crippen LogP contribution in [0.1, 0.15) is 49.2 Å². The molecular weight excluding hydrogens is 298 g/mol. The Morgan fingerprint density at radius 3 is 2.88 bits per heavy atom. The molecule has 1 N–H and O–H groups in total. The number of carbonyl (C=O) groups is 1. The molecule has 1 saturated carbocycles. The summed E-state index contributed by atoms with van der Waals surface area (Å²) >= 11 is 4.87. The molecule has 1 aromatic heterocycles. The largest absolute Gasteiger partial charge is 0.349 e. The Labute approximate surface area is 115 Å². The second kappa shape index (κ2) is 5.11. The number of amides is 1. The molecular formula is C13H18BrNOS. The molecule has 1 heterocycles. The van der Waals surface area contributed by atoms with Gasteiger partial charge in [-0.2, -0.15) is 0 Å². The quantitative estimate of drug-likeness (QED) is 0.870. The van der Waals surface area contributed by atoms with Gasteiger partial charge in [-0.05, 0) is 52.7 Å². The Kier molecular flexibility index (Phi) is 3.93. The van der Waals surface area contributed by atoms with Crippen molar-refractivity contribution in [2.75, 3.05) is 0 Å². The van der Waals surface area contributed by atoms with Crippen LogP contribution in [-0.2, 0) is 0 Å². The highest BCUT2D eigenvalue weighted by Crippen LogP contribution is 2.35. The van der Waals surface area contributed by atoms with Crippen LogP contribution in [0.4, 0.5) is 0 Å². The smallest absolute Gasteiger partial charge is 0.261 e. The van der Waals surface area contributed by atoms with Crippen molar-refractivity contribution < 1.29 is 4.79 Å². The van der Waals surface area contributed by atoms with Gasteiger partial charge in [0.1, 0.15) is 0 Å². The van der Waals surface area contributed by atoms with Crippen LogP contribution in [0.25, 0.3) is 0 Å². The predicted octanol–water partition coefficient (Wildman–Crippen LogP) is 4.21. The Morgan fingerprint density at radius 1 is 1.53 bits per heavy atom. The van der Waals surface area contributed by atoms with Crippen LogP contribution >= 0.6 is 27.3 Å². The van der Waals surface area contributed by atoms with Crippen LogP contribution in [0.5, 0.6) is 0 Å². The molecule has 0 aromatic carbocycles. The van der Waals surface area contributed by atoms with Gasteiger partial charge in [0.2, 0.25) is 0 Å². The summed E-state index contributed by atoms with van der Waals surface area (Å²) in [7, 11) is 0. The zero-order valence-corrected chi connectivity index (χ0v) is 12.7. The maximum absolute atomic E-state index is 12.0. The molecule has 94 valence electrons. The van der Waals surface area contributed by atoms with Gasteiger partial charge in [-0.1, -0.05) is 20.3 Å². The highest BCUT2D eigenvalue weighted by atomic mass is 79.9.